The summed E-state index contributed by atoms with van der Waals surface area (Å²) >= 11 is 5.79. The molecule has 1 N–H and O–H groups in total. The van der Waals surface area contributed by atoms with Crippen LogP contribution in [0.4, 0.5) is 4.39 Å². The topological polar surface area (TPSA) is 29.5 Å². The zero-order chi connectivity index (χ0) is 12.0. The van der Waals surface area contributed by atoms with E-state index in [2.05, 4.69) is 0 Å². The summed E-state index contributed by atoms with van der Waals surface area (Å²) in [6.45, 7) is 0.619. The maximum Gasteiger partial charge on any atom is 0.142 e. The minimum atomic E-state index is -0.505. The first-order valence-corrected chi connectivity index (χ1v) is 5.63. The highest BCUT2D eigenvalue weighted by atomic mass is 35.5. The molecule has 0 fully saturated rings. The Hall–Kier alpha value is -0.640. The second kappa shape index (κ2) is 6.84. The highest BCUT2D eigenvalue weighted by Crippen LogP contribution is 2.21. The number of benzene rings is 1. The summed E-state index contributed by atoms with van der Waals surface area (Å²) in [6, 6.07) is 4.63. The molecule has 2 nitrogen and oxygen atoms in total. The van der Waals surface area contributed by atoms with Gasteiger partial charge in [0, 0.05) is 13.7 Å². The molecule has 0 aromatic heterocycles. The van der Waals surface area contributed by atoms with E-state index in [1.807, 2.05) is 0 Å². The van der Waals surface area contributed by atoms with E-state index in [4.69, 9.17) is 16.3 Å². The predicted octanol–water partition coefficient (Wildman–Crippen LogP) is 2.81. The van der Waals surface area contributed by atoms with Crippen LogP contribution in [0.15, 0.2) is 18.2 Å². The van der Waals surface area contributed by atoms with E-state index in [9.17, 15) is 9.50 Å². The first-order chi connectivity index (χ1) is 7.65. The molecule has 0 amide bonds. The van der Waals surface area contributed by atoms with Crippen molar-refractivity contribution >= 4 is 11.6 Å². The van der Waals surface area contributed by atoms with Crippen LogP contribution in [0.5, 0.6) is 0 Å². The molecule has 1 aromatic carbocycles. The molecule has 0 aliphatic heterocycles. The van der Waals surface area contributed by atoms with Crippen molar-refractivity contribution in [2.24, 2.45) is 0 Å². The Labute approximate surface area is 100.0 Å². The van der Waals surface area contributed by atoms with E-state index in [1.165, 1.54) is 6.07 Å². The van der Waals surface area contributed by atoms with Gasteiger partial charge in [0.15, 0.2) is 0 Å². The van der Waals surface area contributed by atoms with E-state index < -0.39 is 11.9 Å². The summed E-state index contributed by atoms with van der Waals surface area (Å²) < 4.78 is 18.0. The van der Waals surface area contributed by atoms with Crippen molar-refractivity contribution in [2.75, 3.05) is 13.7 Å². The van der Waals surface area contributed by atoms with Gasteiger partial charge in [-0.05, 0) is 30.9 Å². The molecule has 0 heterocycles. The van der Waals surface area contributed by atoms with Crippen molar-refractivity contribution in [1.29, 1.82) is 0 Å². The molecule has 1 aromatic rings. The van der Waals surface area contributed by atoms with E-state index in [-0.39, 0.29) is 5.02 Å². The molecule has 1 rings (SSSR count). The Bertz CT molecular complexity index is 331. The normalized spacial score (nSPS) is 12.8. The van der Waals surface area contributed by atoms with E-state index >= 15 is 0 Å². The lowest BCUT2D eigenvalue weighted by molar-refractivity contribution is 0.135. The molecule has 0 aliphatic rings. The fourth-order valence-corrected chi connectivity index (χ4v) is 1.73. The molecule has 0 saturated carbocycles. The van der Waals surface area contributed by atoms with Gasteiger partial charge in [-0.15, -0.1) is 0 Å². The van der Waals surface area contributed by atoms with Gasteiger partial charge in [-0.1, -0.05) is 23.7 Å². The first-order valence-electron chi connectivity index (χ1n) is 5.25. The van der Waals surface area contributed by atoms with Crippen molar-refractivity contribution in [2.45, 2.75) is 25.4 Å². The number of methoxy groups -OCH3 is 1. The Kier molecular flexibility index (Phi) is 5.74. The molecular formula is C12H16ClFO2. The number of ether oxygens (including phenoxy) is 1. The van der Waals surface area contributed by atoms with Crippen LogP contribution in [-0.2, 0) is 11.2 Å². The number of aliphatic hydroxyl groups excluding tert-OH is 1. The summed E-state index contributed by atoms with van der Waals surface area (Å²) in [4.78, 5) is 0. The van der Waals surface area contributed by atoms with Crippen LogP contribution < -0.4 is 0 Å². The van der Waals surface area contributed by atoms with Gasteiger partial charge in [-0.2, -0.15) is 0 Å². The summed E-state index contributed by atoms with van der Waals surface area (Å²) in [5, 5.41) is 9.81. The van der Waals surface area contributed by atoms with Crippen LogP contribution in [0.3, 0.4) is 0 Å². The van der Waals surface area contributed by atoms with Crippen molar-refractivity contribution in [1.82, 2.24) is 0 Å². The van der Waals surface area contributed by atoms with Gasteiger partial charge in [0.25, 0.3) is 0 Å². The van der Waals surface area contributed by atoms with E-state index in [0.717, 1.165) is 6.42 Å². The monoisotopic (exact) mass is 246 g/mol. The lowest BCUT2D eigenvalue weighted by Gasteiger charge is -2.11. The number of hydrogen-bond acceptors (Lipinski definition) is 2. The molecule has 90 valence electrons. The van der Waals surface area contributed by atoms with Crippen LogP contribution in [0.1, 0.15) is 18.4 Å². The lowest BCUT2D eigenvalue weighted by Crippen LogP contribution is -2.12. The van der Waals surface area contributed by atoms with E-state index in [0.29, 0.717) is 25.0 Å². The fraction of sp³-hybridized carbons (Fsp3) is 0.500. The molecule has 0 radical (unpaired) electrons. The molecular weight excluding hydrogens is 231 g/mol. The third kappa shape index (κ3) is 4.08. The van der Waals surface area contributed by atoms with Crippen LogP contribution in [0.2, 0.25) is 5.02 Å². The van der Waals surface area contributed by atoms with Crippen LogP contribution >= 0.6 is 11.6 Å². The first kappa shape index (κ1) is 13.4. The van der Waals surface area contributed by atoms with Crippen molar-refractivity contribution in [3.8, 4) is 0 Å². The smallest absolute Gasteiger partial charge is 0.142 e. The maximum atomic E-state index is 13.1. The third-order valence-corrected chi connectivity index (χ3v) is 2.80. The standard InChI is InChI=1S/C12H16ClFO2/c1-16-7-3-5-10(15)8-9-4-2-6-11(14)12(9)13/h2,4,6,10,15H,3,5,7-8H2,1H3. The van der Waals surface area contributed by atoms with Crippen LogP contribution in [0.25, 0.3) is 0 Å². The molecule has 4 heteroatoms. The molecule has 1 atom stereocenters. The Morgan fingerprint density at radius 2 is 2.25 bits per heavy atom. The second-order valence-electron chi connectivity index (χ2n) is 3.71. The van der Waals surface area contributed by atoms with Crippen LogP contribution in [0, 0.1) is 5.82 Å². The van der Waals surface area contributed by atoms with Crippen molar-refractivity contribution in [3.05, 3.63) is 34.6 Å². The summed E-state index contributed by atoms with van der Waals surface area (Å²) in [5.41, 5.74) is 0.645. The fourth-order valence-electron chi connectivity index (χ4n) is 1.53. The van der Waals surface area contributed by atoms with Gasteiger partial charge >= 0.3 is 0 Å². The summed E-state index contributed by atoms with van der Waals surface area (Å²) in [6.07, 6.45) is 1.28. The molecule has 0 spiro atoms. The molecule has 1 unspecified atom stereocenters. The number of rotatable bonds is 6. The SMILES string of the molecule is COCCCC(O)Cc1cccc(F)c1Cl. The average Bonchev–Trinajstić information content (AvgIpc) is 2.25. The zero-order valence-electron chi connectivity index (χ0n) is 9.25. The average molecular weight is 247 g/mol. The number of aliphatic hydroxyl groups is 1. The minimum absolute atomic E-state index is 0.105. The minimum Gasteiger partial charge on any atom is -0.393 e. The summed E-state index contributed by atoms with van der Waals surface area (Å²) in [5.74, 6) is -0.441. The van der Waals surface area contributed by atoms with Gasteiger partial charge in [-0.3, -0.25) is 0 Å². The summed E-state index contributed by atoms with van der Waals surface area (Å²) in [7, 11) is 1.62. The van der Waals surface area contributed by atoms with Crippen molar-refractivity contribution in [3.63, 3.8) is 0 Å². The van der Waals surface area contributed by atoms with Crippen molar-refractivity contribution < 1.29 is 14.2 Å². The molecule has 0 saturated heterocycles. The van der Waals surface area contributed by atoms with Gasteiger partial charge in [0.1, 0.15) is 5.82 Å². The Balaban J connectivity index is 2.49. The third-order valence-electron chi connectivity index (χ3n) is 2.37. The van der Waals surface area contributed by atoms with Gasteiger partial charge in [-0.25, -0.2) is 4.39 Å². The lowest BCUT2D eigenvalue weighted by atomic mass is 10.0. The molecule has 0 bridgehead atoms. The van der Waals surface area contributed by atoms with Crippen LogP contribution in [-0.4, -0.2) is 24.9 Å². The largest absolute Gasteiger partial charge is 0.393 e. The number of halogens is 2. The quantitative estimate of drug-likeness (QED) is 0.783. The predicted molar refractivity (Wildman–Crippen MR) is 62.2 cm³/mol. The zero-order valence-corrected chi connectivity index (χ0v) is 10.0. The highest BCUT2D eigenvalue weighted by Gasteiger charge is 2.10. The molecule has 16 heavy (non-hydrogen) atoms. The second-order valence-corrected chi connectivity index (χ2v) is 4.08. The van der Waals surface area contributed by atoms with E-state index in [1.54, 1.807) is 19.2 Å². The molecule has 0 aliphatic carbocycles. The van der Waals surface area contributed by atoms with Gasteiger partial charge in [0.05, 0.1) is 11.1 Å². The van der Waals surface area contributed by atoms with Gasteiger partial charge in [0.2, 0.25) is 0 Å². The highest BCUT2D eigenvalue weighted by molar-refractivity contribution is 6.31. The Morgan fingerprint density at radius 3 is 2.94 bits per heavy atom. The number of hydrogen-bond donors (Lipinski definition) is 1. The Morgan fingerprint density at radius 1 is 1.50 bits per heavy atom. The van der Waals surface area contributed by atoms with Gasteiger partial charge < -0.3 is 9.84 Å². The maximum absolute atomic E-state index is 13.1.